The van der Waals surface area contributed by atoms with E-state index < -0.39 is 12.0 Å². The van der Waals surface area contributed by atoms with Gasteiger partial charge in [0.1, 0.15) is 11.8 Å². The molecule has 4 nitrogen and oxygen atoms in total. The van der Waals surface area contributed by atoms with E-state index in [0.717, 1.165) is 0 Å². The molecule has 3 N–H and O–H groups in total. The first-order valence-corrected chi connectivity index (χ1v) is 4.73. The van der Waals surface area contributed by atoms with Gasteiger partial charge < -0.3 is 15.6 Å². The summed E-state index contributed by atoms with van der Waals surface area (Å²) >= 11 is 5.98. The van der Waals surface area contributed by atoms with Crippen LogP contribution in [0.4, 0.5) is 0 Å². The second-order valence-electron chi connectivity index (χ2n) is 3.08. The Hall–Kier alpha value is -1.26. The Kier molecular flexibility index (Phi) is 3.94. The Balaban J connectivity index is 2.90. The van der Waals surface area contributed by atoms with E-state index >= 15 is 0 Å². The molecule has 1 atom stereocenters. The second kappa shape index (κ2) is 5.00. The molecule has 0 unspecified atom stereocenters. The summed E-state index contributed by atoms with van der Waals surface area (Å²) in [5, 5.41) is 9.07. The monoisotopic (exact) mass is 229 g/mol. The lowest BCUT2D eigenvalue weighted by Crippen LogP contribution is -2.32. The molecule has 0 fully saturated rings. The van der Waals surface area contributed by atoms with Crippen molar-refractivity contribution in [3.8, 4) is 5.75 Å². The third-order valence-corrected chi connectivity index (χ3v) is 2.45. The van der Waals surface area contributed by atoms with Crippen molar-refractivity contribution in [2.45, 2.75) is 12.5 Å². The number of benzene rings is 1. The van der Waals surface area contributed by atoms with Crippen LogP contribution < -0.4 is 10.5 Å². The number of halogens is 1. The van der Waals surface area contributed by atoms with E-state index in [0.29, 0.717) is 16.3 Å². The minimum Gasteiger partial charge on any atom is -0.495 e. The first kappa shape index (κ1) is 11.8. The summed E-state index contributed by atoms with van der Waals surface area (Å²) < 4.78 is 5.01. The predicted molar refractivity (Wildman–Crippen MR) is 57.3 cm³/mol. The fourth-order valence-electron chi connectivity index (χ4n) is 1.20. The standard InChI is InChI=1S/C10H12ClNO3/c1-15-8-4-2-3-6(9(8)11)5-7(12)10(13)14/h2-4,7H,5,12H2,1H3,(H,13,14)/t7-/m1/s1. The highest BCUT2D eigenvalue weighted by atomic mass is 35.5. The Labute approximate surface area is 92.6 Å². The normalized spacial score (nSPS) is 12.2. The zero-order valence-electron chi connectivity index (χ0n) is 8.24. The average Bonchev–Trinajstić information content (AvgIpc) is 2.21. The third-order valence-electron chi connectivity index (χ3n) is 2.02. The number of hydrogen-bond acceptors (Lipinski definition) is 3. The highest BCUT2D eigenvalue weighted by Gasteiger charge is 2.15. The van der Waals surface area contributed by atoms with Crippen molar-refractivity contribution in [1.82, 2.24) is 0 Å². The summed E-state index contributed by atoms with van der Waals surface area (Å²) in [6.45, 7) is 0. The average molecular weight is 230 g/mol. The molecular weight excluding hydrogens is 218 g/mol. The van der Waals surface area contributed by atoms with Gasteiger partial charge in [0.15, 0.2) is 0 Å². The molecule has 0 saturated carbocycles. The first-order valence-electron chi connectivity index (χ1n) is 4.36. The van der Waals surface area contributed by atoms with Crippen LogP contribution in [-0.4, -0.2) is 24.2 Å². The van der Waals surface area contributed by atoms with Crippen molar-refractivity contribution in [3.05, 3.63) is 28.8 Å². The molecule has 0 bridgehead atoms. The topological polar surface area (TPSA) is 72.5 Å². The number of methoxy groups -OCH3 is 1. The molecule has 5 heteroatoms. The van der Waals surface area contributed by atoms with Crippen molar-refractivity contribution in [1.29, 1.82) is 0 Å². The molecule has 0 heterocycles. The van der Waals surface area contributed by atoms with Gasteiger partial charge in [-0.25, -0.2) is 0 Å². The Bertz CT molecular complexity index is 368. The molecule has 0 aliphatic carbocycles. The van der Waals surface area contributed by atoms with Gasteiger partial charge in [0.25, 0.3) is 0 Å². The van der Waals surface area contributed by atoms with Crippen LogP contribution in [0, 0.1) is 0 Å². The summed E-state index contributed by atoms with van der Waals surface area (Å²) in [4.78, 5) is 10.6. The molecule has 0 aromatic heterocycles. The van der Waals surface area contributed by atoms with E-state index in [1.165, 1.54) is 7.11 Å². The molecule has 0 saturated heterocycles. The Morgan fingerprint density at radius 3 is 2.87 bits per heavy atom. The minimum atomic E-state index is -1.05. The maximum Gasteiger partial charge on any atom is 0.320 e. The van der Waals surface area contributed by atoms with E-state index in [1.54, 1.807) is 18.2 Å². The van der Waals surface area contributed by atoms with Crippen molar-refractivity contribution in [2.24, 2.45) is 5.73 Å². The highest BCUT2D eigenvalue weighted by molar-refractivity contribution is 6.32. The van der Waals surface area contributed by atoms with Crippen LogP contribution in [0.15, 0.2) is 18.2 Å². The Morgan fingerprint density at radius 1 is 1.67 bits per heavy atom. The van der Waals surface area contributed by atoms with Gasteiger partial charge in [0.05, 0.1) is 12.1 Å². The number of ether oxygens (including phenoxy) is 1. The quantitative estimate of drug-likeness (QED) is 0.817. The van der Waals surface area contributed by atoms with Gasteiger partial charge in [-0.3, -0.25) is 4.79 Å². The van der Waals surface area contributed by atoms with Gasteiger partial charge in [-0.05, 0) is 18.1 Å². The largest absolute Gasteiger partial charge is 0.495 e. The zero-order valence-corrected chi connectivity index (χ0v) is 8.99. The molecule has 0 aliphatic heterocycles. The fourth-order valence-corrected chi connectivity index (χ4v) is 1.48. The molecule has 1 rings (SSSR count). The molecule has 15 heavy (non-hydrogen) atoms. The summed E-state index contributed by atoms with van der Waals surface area (Å²) in [6, 6.07) is 4.23. The van der Waals surface area contributed by atoms with Crippen LogP contribution in [0.3, 0.4) is 0 Å². The van der Waals surface area contributed by atoms with E-state index in [-0.39, 0.29) is 6.42 Å². The van der Waals surface area contributed by atoms with Crippen molar-refractivity contribution >= 4 is 17.6 Å². The van der Waals surface area contributed by atoms with E-state index in [9.17, 15) is 4.79 Å². The van der Waals surface area contributed by atoms with Crippen LogP contribution in [0.5, 0.6) is 5.75 Å². The van der Waals surface area contributed by atoms with E-state index in [2.05, 4.69) is 0 Å². The predicted octanol–water partition coefficient (Wildman–Crippen LogP) is 1.30. The summed E-state index contributed by atoms with van der Waals surface area (Å²) in [6.07, 6.45) is 0.186. The lowest BCUT2D eigenvalue weighted by atomic mass is 10.1. The first-order chi connectivity index (χ1) is 7.06. The SMILES string of the molecule is COc1cccc(C[C@@H](N)C(=O)O)c1Cl. The van der Waals surface area contributed by atoms with Gasteiger partial charge in [-0.15, -0.1) is 0 Å². The molecule has 0 amide bonds. The summed E-state index contributed by atoms with van der Waals surface area (Å²) in [5.41, 5.74) is 6.08. The lowest BCUT2D eigenvalue weighted by molar-refractivity contribution is -0.138. The number of rotatable bonds is 4. The summed E-state index contributed by atoms with van der Waals surface area (Å²) in [5.74, 6) is -0.527. The fraction of sp³-hybridized carbons (Fsp3) is 0.300. The van der Waals surface area contributed by atoms with Crippen LogP contribution in [0.25, 0.3) is 0 Å². The van der Waals surface area contributed by atoms with Gasteiger partial charge >= 0.3 is 5.97 Å². The second-order valence-corrected chi connectivity index (χ2v) is 3.46. The molecular formula is C10H12ClNO3. The molecule has 1 aromatic carbocycles. The smallest absolute Gasteiger partial charge is 0.320 e. The molecule has 0 aliphatic rings. The van der Waals surface area contributed by atoms with Crippen LogP contribution >= 0.6 is 11.6 Å². The maximum atomic E-state index is 10.6. The van der Waals surface area contributed by atoms with Crippen LogP contribution in [-0.2, 0) is 11.2 Å². The number of aliphatic carboxylic acids is 1. The number of carbonyl (C=O) groups is 1. The Morgan fingerprint density at radius 2 is 2.33 bits per heavy atom. The molecule has 1 aromatic rings. The van der Waals surface area contributed by atoms with Crippen LogP contribution in [0.2, 0.25) is 5.02 Å². The van der Waals surface area contributed by atoms with Gasteiger partial charge in [0, 0.05) is 0 Å². The number of carboxylic acid groups (broad SMARTS) is 1. The highest BCUT2D eigenvalue weighted by Crippen LogP contribution is 2.28. The van der Waals surface area contributed by atoms with E-state index in [1.807, 2.05) is 0 Å². The minimum absolute atomic E-state index is 0.186. The molecule has 82 valence electrons. The third kappa shape index (κ3) is 2.84. The van der Waals surface area contributed by atoms with Gasteiger partial charge in [-0.1, -0.05) is 23.7 Å². The van der Waals surface area contributed by atoms with Crippen molar-refractivity contribution in [2.75, 3.05) is 7.11 Å². The lowest BCUT2D eigenvalue weighted by Gasteiger charge is -2.10. The zero-order chi connectivity index (χ0) is 11.4. The van der Waals surface area contributed by atoms with Crippen LogP contribution in [0.1, 0.15) is 5.56 Å². The van der Waals surface area contributed by atoms with Gasteiger partial charge in [-0.2, -0.15) is 0 Å². The molecule has 0 radical (unpaired) electrons. The number of carboxylic acids is 1. The molecule has 0 spiro atoms. The summed E-state index contributed by atoms with van der Waals surface area (Å²) in [7, 11) is 1.50. The maximum absolute atomic E-state index is 10.6. The van der Waals surface area contributed by atoms with Gasteiger partial charge in [0.2, 0.25) is 0 Å². The van der Waals surface area contributed by atoms with Crippen molar-refractivity contribution in [3.63, 3.8) is 0 Å². The van der Waals surface area contributed by atoms with E-state index in [4.69, 9.17) is 27.2 Å². The number of nitrogens with two attached hydrogens (primary N) is 1. The van der Waals surface area contributed by atoms with Crippen molar-refractivity contribution < 1.29 is 14.6 Å². The number of hydrogen-bond donors (Lipinski definition) is 2.